The lowest BCUT2D eigenvalue weighted by Crippen LogP contribution is -2.13. The molecule has 0 heterocycles. The molecule has 0 N–H and O–H groups in total. The van der Waals surface area contributed by atoms with Crippen LogP contribution in [0.25, 0.3) is 11.1 Å². The van der Waals surface area contributed by atoms with Crippen LogP contribution in [0.1, 0.15) is 5.56 Å². The van der Waals surface area contributed by atoms with Crippen LogP contribution in [0.15, 0.2) is 48.5 Å². The summed E-state index contributed by atoms with van der Waals surface area (Å²) in [5.74, 6) is 0.316. The van der Waals surface area contributed by atoms with Crippen LogP contribution in [-0.2, 0) is 9.53 Å². The number of hydrogen-bond donors (Lipinski definition) is 0. The van der Waals surface area contributed by atoms with Gasteiger partial charge >= 0.3 is 5.97 Å². The molecule has 2 rings (SSSR count). The summed E-state index contributed by atoms with van der Waals surface area (Å²) in [6.07, 6.45) is 0. The minimum Gasteiger partial charge on any atom is -0.482 e. The van der Waals surface area contributed by atoms with E-state index in [0.29, 0.717) is 5.75 Å². The van der Waals surface area contributed by atoms with Gasteiger partial charge in [0.25, 0.3) is 0 Å². The monoisotopic (exact) mass is 256 g/mol. The maximum Gasteiger partial charge on any atom is 0.343 e. The Morgan fingerprint density at radius 3 is 2.47 bits per heavy atom. The molecule has 2 aromatic carbocycles. The molecule has 0 saturated carbocycles. The molecule has 0 unspecified atom stereocenters. The zero-order valence-corrected chi connectivity index (χ0v) is 11.1. The summed E-state index contributed by atoms with van der Waals surface area (Å²) in [7, 11) is 1.35. The van der Waals surface area contributed by atoms with Gasteiger partial charge in [-0.25, -0.2) is 4.79 Å². The van der Waals surface area contributed by atoms with E-state index in [9.17, 15) is 4.79 Å². The number of carbonyl (C=O) groups excluding carboxylic acids is 1. The van der Waals surface area contributed by atoms with Crippen molar-refractivity contribution in [1.82, 2.24) is 0 Å². The van der Waals surface area contributed by atoms with Gasteiger partial charge in [-0.15, -0.1) is 0 Å². The van der Waals surface area contributed by atoms with E-state index < -0.39 is 0 Å². The third-order valence-corrected chi connectivity index (χ3v) is 2.94. The smallest absolute Gasteiger partial charge is 0.343 e. The van der Waals surface area contributed by atoms with Crippen molar-refractivity contribution in [2.75, 3.05) is 13.7 Å². The molecule has 0 spiro atoms. The van der Waals surface area contributed by atoms with Gasteiger partial charge < -0.3 is 9.47 Å². The van der Waals surface area contributed by atoms with Gasteiger partial charge in [-0.05, 0) is 29.7 Å². The molecule has 3 heteroatoms. The van der Waals surface area contributed by atoms with E-state index in [4.69, 9.17) is 4.74 Å². The quantitative estimate of drug-likeness (QED) is 0.788. The van der Waals surface area contributed by atoms with Gasteiger partial charge in [-0.2, -0.15) is 0 Å². The summed E-state index contributed by atoms with van der Waals surface area (Å²) in [6.45, 7) is 1.91. The second kappa shape index (κ2) is 6.05. The average molecular weight is 256 g/mol. The highest BCUT2D eigenvalue weighted by atomic mass is 16.6. The molecule has 0 aliphatic carbocycles. The Labute approximate surface area is 112 Å². The van der Waals surface area contributed by atoms with Crippen LogP contribution in [0.2, 0.25) is 0 Å². The molecule has 0 amide bonds. The molecule has 0 saturated heterocycles. The number of benzene rings is 2. The van der Waals surface area contributed by atoms with Crippen LogP contribution in [0.5, 0.6) is 5.75 Å². The van der Waals surface area contributed by atoms with Gasteiger partial charge in [-0.1, -0.05) is 42.5 Å². The molecule has 0 aromatic heterocycles. The van der Waals surface area contributed by atoms with Crippen LogP contribution in [0.4, 0.5) is 0 Å². The number of hydrogen-bond acceptors (Lipinski definition) is 3. The molecule has 0 radical (unpaired) electrons. The van der Waals surface area contributed by atoms with Crippen LogP contribution in [0.3, 0.4) is 0 Å². The van der Waals surface area contributed by atoms with Crippen LogP contribution < -0.4 is 4.74 Å². The molecular weight excluding hydrogens is 240 g/mol. The molecule has 19 heavy (non-hydrogen) atoms. The molecule has 0 fully saturated rings. The standard InChI is InChI=1S/C16H16O3/c1-12-14(13-7-4-3-5-8-13)9-6-10-15(12)19-11-16(17)18-2/h3-10H,11H2,1-2H3. The largest absolute Gasteiger partial charge is 0.482 e. The second-order valence-corrected chi connectivity index (χ2v) is 4.16. The molecule has 0 aliphatic heterocycles. The predicted molar refractivity (Wildman–Crippen MR) is 74.1 cm³/mol. The first-order valence-electron chi connectivity index (χ1n) is 6.07. The third kappa shape index (κ3) is 3.13. The summed E-state index contributed by atoms with van der Waals surface area (Å²) >= 11 is 0. The lowest BCUT2D eigenvalue weighted by molar-refractivity contribution is -0.142. The van der Waals surface area contributed by atoms with Crippen molar-refractivity contribution in [2.45, 2.75) is 6.92 Å². The fraction of sp³-hybridized carbons (Fsp3) is 0.188. The first-order chi connectivity index (χ1) is 9.22. The number of ether oxygens (including phenoxy) is 2. The van der Waals surface area contributed by atoms with E-state index in [1.54, 1.807) is 0 Å². The maximum absolute atomic E-state index is 11.1. The molecule has 0 aliphatic rings. The molecule has 2 aromatic rings. The molecular formula is C16H16O3. The summed E-state index contributed by atoms with van der Waals surface area (Å²) in [5.41, 5.74) is 3.24. The average Bonchev–Trinajstić information content (AvgIpc) is 2.46. The van der Waals surface area contributed by atoms with Crippen molar-refractivity contribution >= 4 is 5.97 Å². The van der Waals surface area contributed by atoms with Gasteiger partial charge in [0.2, 0.25) is 0 Å². The summed E-state index contributed by atoms with van der Waals surface area (Å²) < 4.78 is 10.0. The minimum absolute atomic E-state index is 0.0738. The third-order valence-electron chi connectivity index (χ3n) is 2.94. The van der Waals surface area contributed by atoms with Crippen molar-refractivity contribution in [2.24, 2.45) is 0 Å². The summed E-state index contributed by atoms with van der Waals surface area (Å²) in [6, 6.07) is 15.9. The van der Waals surface area contributed by atoms with E-state index in [-0.39, 0.29) is 12.6 Å². The van der Waals surface area contributed by atoms with Gasteiger partial charge in [-0.3, -0.25) is 0 Å². The lowest BCUT2D eigenvalue weighted by atomic mass is 10.00. The topological polar surface area (TPSA) is 35.5 Å². The molecule has 0 bridgehead atoms. The van der Waals surface area contributed by atoms with Gasteiger partial charge in [0.05, 0.1) is 7.11 Å². The van der Waals surface area contributed by atoms with E-state index >= 15 is 0 Å². The second-order valence-electron chi connectivity index (χ2n) is 4.16. The molecule has 98 valence electrons. The zero-order valence-electron chi connectivity index (χ0n) is 11.1. The Morgan fingerprint density at radius 1 is 1.05 bits per heavy atom. The van der Waals surface area contributed by atoms with Crippen molar-refractivity contribution in [3.63, 3.8) is 0 Å². The van der Waals surface area contributed by atoms with Crippen LogP contribution in [0, 0.1) is 6.92 Å². The fourth-order valence-electron chi connectivity index (χ4n) is 1.90. The summed E-state index contributed by atoms with van der Waals surface area (Å²) in [5, 5.41) is 0. The Hall–Kier alpha value is -2.29. The van der Waals surface area contributed by atoms with Crippen LogP contribution >= 0.6 is 0 Å². The number of carbonyl (C=O) groups is 1. The van der Waals surface area contributed by atoms with Crippen molar-refractivity contribution in [3.8, 4) is 16.9 Å². The highest BCUT2D eigenvalue weighted by molar-refractivity contribution is 5.72. The first-order valence-corrected chi connectivity index (χ1v) is 6.07. The number of methoxy groups -OCH3 is 1. The fourth-order valence-corrected chi connectivity index (χ4v) is 1.90. The lowest BCUT2D eigenvalue weighted by Gasteiger charge is -2.12. The number of rotatable bonds is 4. The Morgan fingerprint density at radius 2 is 1.79 bits per heavy atom. The Balaban J connectivity index is 2.26. The SMILES string of the molecule is COC(=O)COc1cccc(-c2ccccc2)c1C. The van der Waals surface area contributed by atoms with Gasteiger partial charge in [0.15, 0.2) is 6.61 Å². The highest BCUT2D eigenvalue weighted by Crippen LogP contribution is 2.29. The van der Waals surface area contributed by atoms with E-state index in [1.165, 1.54) is 7.11 Å². The van der Waals surface area contributed by atoms with E-state index in [0.717, 1.165) is 16.7 Å². The maximum atomic E-state index is 11.1. The summed E-state index contributed by atoms with van der Waals surface area (Å²) in [4.78, 5) is 11.1. The zero-order chi connectivity index (χ0) is 13.7. The molecule has 0 atom stereocenters. The van der Waals surface area contributed by atoms with Crippen LogP contribution in [-0.4, -0.2) is 19.7 Å². The van der Waals surface area contributed by atoms with Crippen molar-refractivity contribution in [3.05, 3.63) is 54.1 Å². The molecule has 3 nitrogen and oxygen atoms in total. The van der Waals surface area contributed by atoms with Crippen molar-refractivity contribution < 1.29 is 14.3 Å². The van der Waals surface area contributed by atoms with Gasteiger partial charge in [0, 0.05) is 0 Å². The first kappa shape index (κ1) is 13.1. The van der Waals surface area contributed by atoms with E-state index in [2.05, 4.69) is 4.74 Å². The van der Waals surface area contributed by atoms with Gasteiger partial charge in [0.1, 0.15) is 5.75 Å². The number of esters is 1. The highest BCUT2D eigenvalue weighted by Gasteiger charge is 2.08. The Kier molecular flexibility index (Phi) is 4.18. The van der Waals surface area contributed by atoms with Crippen molar-refractivity contribution in [1.29, 1.82) is 0 Å². The van der Waals surface area contributed by atoms with E-state index in [1.807, 2.05) is 55.5 Å². The minimum atomic E-state index is -0.385. The Bertz CT molecular complexity index is 561. The predicted octanol–water partition coefficient (Wildman–Crippen LogP) is 3.21. The normalized spacial score (nSPS) is 10.0.